The number of rotatable bonds is 10. The van der Waals surface area contributed by atoms with Gasteiger partial charge in [0.05, 0.1) is 15.7 Å². The first-order valence-electron chi connectivity index (χ1n) is 12.6. The van der Waals surface area contributed by atoms with Gasteiger partial charge in [-0.1, -0.05) is 54.2 Å². The van der Waals surface area contributed by atoms with Gasteiger partial charge in [0.15, 0.2) is 0 Å². The lowest BCUT2D eigenvalue weighted by Gasteiger charge is -2.33. The summed E-state index contributed by atoms with van der Waals surface area (Å²) in [6.07, 6.45) is 3.91. The summed E-state index contributed by atoms with van der Waals surface area (Å²) >= 11 is 12.3. The molecule has 8 nitrogen and oxygen atoms in total. The highest BCUT2D eigenvalue weighted by atomic mass is 35.5. The Bertz CT molecular complexity index is 1280. The molecular formula is C27H36Cl2N4O4S. The Kier molecular flexibility index (Phi) is 10.1. The number of benzene rings is 2. The molecule has 0 saturated heterocycles. The van der Waals surface area contributed by atoms with Crippen LogP contribution >= 0.6 is 23.2 Å². The molecule has 2 aromatic carbocycles. The van der Waals surface area contributed by atoms with Crippen LogP contribution in [-0.4, -0.2) is 62.2 Å². The lowest BCUT2D eigenvalue weighted by molar-refractivity contribution is -0.139. The first-order chi connectivity index (χ1) is 17.8. The second-order valence-electron chi connectivity index (χ2n) is 10.0. The topological polar surface area (TPSA) is 90.0 Å². The molecule has 1 N–H and O–H groups in total. The number of hydrogen-bond donors (Lipinski definition) is 1. The van der Waals surface area contributed by atoms with Crippen molar-refractivity contribution in [2.24, 2.45) is 0 Å². The zero-order chi connectivity index (χ0) is 28.2. The van der Waals surface area contributed by atoms with Crippen molar-refractivity contribution in [2.75, 3.05) is 24.9 Å². The molecule has 1 aliphatic carbocycles. The molecule has 0 unspecified atom stereocenters. The summed E-state index contributed by atoms with van der Waals surface area (Å²) < 4.78 is 29.0. The van der Waals surface area contributed by atoms with Gasteiger partial charge in [-0.2, -0.15) is 12.7 Å². The maximum absolute atomic E-state index is 13.9. The number of anilines is 1. The van der Waals surface area contributed by atoms with Crippen LogP contribution in [0.2, 0.25) is 10.0 Å². The van der Waals surface area contributed by atoms with Crippen molar-refractivity contribution in [3.05, 3.63) is 63.1 Å². The summed E-state index contributed by atoms with van der Waals surface area (Å²) in [5.41, 5.74) is 2.64. The van der Waals surface area contributed by atoms with Gasteiger partial charge in [-0.15, -0.1) is 0 Å². The van der Waals surface area contributed by atoms with Crippen LogP contribution in [0.15, 0.2) is 36.4 Å². The molecule has 1 saturated carbocycles. The van der Waals surface area contributed by atoms with E-state index in [1.165, 1.54) is 19.0 Å². The zero-order valence-electron chi connectivity index (χ0n) is 22.5. The summed E-state index contributed by atoms with van der Waals surface area (Å²) in [4.78, 5) is 28.5. The monoisotopic (exact) mass is 582 g/mol. The highest BCUT2D eigenvalue weighted by Gasteiger charge is 2.34. The van der Waals surface area contributed by atoms with Gasteiger partial charge < -0.3 is 10.2 Å². The molecular weight excluding hydrogens is 547 g/mol. The Balaban J connectivity index is 1.98. The summed E-state index contributed by atoms with van der Waals surface area (Å²) in [5.74, 6) is -0.796. The van der Waals surface area contributed by atoms with Crippen LogP contribution in [0.5, 0.6) is 0 Å². The molecule has 0 bridgehead atoms. The standard InChI is InChI=1S/C27H36Cl2N4O4S/c1-18-10-11-19(2)25(14-18)33(38(36,37)31(4)5)17-26(34)32(16-21-12-13-23(28)24(29)15-21)20(3)27(35)30-22-8-6-7-9-22/h10-15,20,22H,6-9,16-17H2,1-5H3,(H,30,35)/t20-/m1/s1. The molecule has 2 amide bonds. The fourth-order valence-electron chi connectivity index (χ4n) is 4.50. The van der Waals surface area contributed by atoms with E-state index in [0.29, 0.717) is 26.9 Å². The minimum absolute atomic E-state index is 0.0532. The maximum Gasteiger partial charge on any atom is 0.304 e. The third kappa shape index (κ3) is 7.20. The Morgan fingerprint density at radius 1 is 1.03 bits per heavy atom. The van der Waals surface area contributed by atoms with Gasteiger partial charge in [0, 0.05) is 26.7 Å². The first kappa shape index (κ1) is 30.2. The van der Waals surface area contributed by atoms with E-state index in [9.17, 15) is 18.0 Å². The molecule has 1 atom stereocenters. The van der Waals surface area contributed by atoms with Gasteiger partial charge in [0.1, 0.15) is 12.6 Å². The Morgan fingerprint density at radius 3 is 2.29 bits per heavy atom. The quantitative estimate of drug-likeness (QED) is 0.439. The van der Waals surface area contributed by atoms with Crippen LogP contribution in [0.4, 0.5) is 5.69 Å². The molecule has 2 aromatic rings. The third-order valence-electron chi connectivity index (χ3n) is 6.86. The third-order valence-corrected chi connectivity index (χ3v) is 9.40. The minimum atomic E-state index is -4.03. The van der Waals surface area contributed by atoms with Gasteiger partial charge >= 0.3 is 10.2 Å². The van der Waals surface area contributed by atoms with E-state index in [4.69, 9.17) is 23.2 Å². The van der Waals surface area contributed by atoms with Crippen LogP contribution in [0.3, 0.4) is 0 Å². The molecule has 0 radical (unpaired) electrons. The SMILES string of the molecule is Cc1ccc(C)c(N(CC(=O)N(Cc2ccc(Cl)c(Cl)c2)[C@H](C)C(=O)NC2CCCC2)S(=O)(=O)N(C)C)c1. The molecule has 38 heavy (non-hydrogen) atoms. The van der Waals surface area contributed by atoms with Gasteiger partial charge in [0.2, 0.25) is 11.8 Å². The Hall–Kier alpha value is -2.33. The minimum Gasteiger partial charge on any atom is -0.352 e. The smallest absolute Gasteiger partial charge is 0.304 e. The fourth-order valence-corrected chi connectivity index (χ4v) is 5.93. The Labute approximate surface area is 236 Å². The van der Waals surface area contributed by atoms with Gasteiger partial charge in [-0.3, -0.25) is 9.59 Å². The van der Waals surface area contributed by atoms with Crippen molar-refractivity contribution in [3.8, 4) is 0 Å². The normalized spacial score (nSPS) is 14.9. The van der Waals surface area contributed by atoms with Crippen molar-refractivity contribution in [1.82, 2.24) is 14.5 Å². The average Bonchev–Trinajstić information content (AvgIpc) is 3.37. The molecule has 208 valence electrons. The maximum atomic E-state index is 13.9. The number of aryl methyl sites for hydroxylation is 2. The number of carbonyl (C=O) groups excluding carboxylic acids is 2. The number of hydrogen-bond acceptors (Lipinski definition) is 4. The van der Waals surface area contributed by atoms with E-state index < -0.39 is 28.7 Å². The summed E-state index contributed by atoms with van der Waals surface area (Å²) in [6.45, 7) is 4.88. The fraction of sp³-hybridized carbons (Fsp3) is 0.481. The van der Waals surface area contributed by atoms with Crippen molar-refractivity contribution in [2.45, 2.75) is 65.1 Å². The predicted octanol–water partition coefficient (Wildman–Crippen LogP) is 4.70. The van der Waals surface area contributed by atoms with Crippen molar-refractivity contribution in [3.63, 3.8) is 0 Å². The van der Waals surface area contributed by atoms with Gasteiger partial charge in [-0.25, -0.2) is 4.31 Å². The average molecular weight is 584 g/mol. The molecule has 3 rings (SSSR count). The first-order valence-corrected chi connectivity index (χ1v) is 14.8. The summed E-state index contributed by atoms with van der Waals surface area (Å²) in [5, 5.41) is 3.75. The molecule has 1 fully saturated rings. The highest BCUT2D eigenvalue weighted by molar-refractivity contribution is 7.90. The highest BCUT2D eigenvalue weighted by Crippen LogP contribution is 2.27. The van der Waals surface area contributed by atoms with Crippen LogP contribution in [-0.2, 0) is 26.3 Å². The van der Waals surface area contributed by atoms with Gasteiger partial charge in [0.25, 0.3) is 0 Å². The van der Waals surface area contributed by atoms with E-state index >= 15 is 0 Å². The van der Waals surface area contributed by atoms with E-state index in [0.717, 1.165) is 39.9 Å². The molecule has 11 heteroatoms. The van der Waals surface area contributed by atoms with E-state index in [1.54, 1.807) is 38.1 Å². The van der Waals surface area contributed by atoms with Crippen LogP contribution in [0.1, 0.15) is 49.3 Å². The molecule has 0 spiro atoms. The van der Waals surface area contributed by atoms with Crippen molar-refractivity contribution in [1.29, 1.82) is 0 Å². The van der Waals surface area contributed by atoms with E-state index in [2.05, 4.69) is 5.32 Å². The second-order valence-corrected chi connectivity index (χ2v) is 12.9. The van der Waals surface area contributed by atoms with Crippen molar-refractivity contribution >= 4 is 50.9 Å². The van der Waals surface area contributed by atoms with Gasteiger partial charge in [-0.05, 0) is 68.5 Å². The second kappa shape index (κ2) is 12.7. The largest absolute Gasteiger partial charge is 0.352 e. The van der Waals surface area contributed by atoms with E-state index in [1.807, 2.05) is 19.1 Å². The molecule has 0 aromatic heterocycles. The number of amides is 2. The number of carbonyl (C=O) groups is 2. The van der Waals surface area contributed by atoms with Crippen LogP contribution in [0, 0.1) is 13.8 Å². The Morgan fingerprint density at radius 2 is 1.68 bits per heavy atom. The lowest BCUT2D eigenvalue weighted by Crippen LogP contribution is -2.53. The molecule has 0 heterocycles. The van der Waals surface area contributed by atoms with Crippen LogP contribution < -0.4 is 9.62 Å². The van der Waals surface area contributed by atoms with Crippen molar-refractivity contribution < 1.29 is 18.0 Å². The number of nitrogens with zero attached hydrogens (tertiary/aromatic N) is 3. The number of halogens is 2. The van der Waals surface area contributed by atoms with E-state index in [-0.39, 0.29) is 18.5 Å². The number of nitrogens with one attached hydrogen (secondary N) is 1. The molecule has 1 aliphatic rings. The summed E-state index contributed by atoms with van der Waals surface area (Å²) in [7, 11) is -1.19. The molecule has 0 aliphatic heterocycles. The summed E-state index contributed by atoms with van der Waals surface area (Å²) in [6, 6.07) is 9.67. The van der Waals surface area contributed by atoms with Crippen LogP contribution in [0.25, 0.3) is 0 Å². The predicted molar refractivity (Wildman–Crippen MR) is 153 cm³/mol. The lowest BCUT2D eigenvalue weighted by atomic mass is 10.1. The zero-order valence-corrected chi connectivity index (χ0v) is 24.8.